The minimum atomic E-state index is -1.96. The van der Waals surface area contributed by atoms with E-state index in [1.54, 1.807) is 0 Å². The molecule has 0 saturated heterocycles. The van der Waals surface area contributed by atoms with Gasteiger partial charge in [-0.2, -0.15) is 0 Å². The van der Waals surface area contributed by atoms with Crippen molar-refractivity contribution >= 4 is 23.5 Å². The SMILES string of the molecule is CC(=O)OOC(=O)C1C(=O)C(O)C(O)C1=O. The zero-order valence-corrected chi connectivity index (χ0v) is 8.08. The standard InChI is InChI=1S/C8H8O8/c1-2(9)15-16-8(14)3-4(10)6(12)7(13)5(3)11/h3,6-7,12-13H,1H3. The monoisotopic (exact) mass is 232 g/mol. The van der Waals surface area contributed by atoms with E-state index in [1.807, 2.05) is 0 Å². The van der Waals surface area contributed by atoms with E-state index in [2.05, 4.69) is 9.78 Å². The van der Waals surface area contributed by atoms with Gasteiger partial charge >= 0.3 is 11.9 Å². The van der Waals surface area contributed by atoms with Crippen LogP contribution < -0.4 is 0 Å². The summed E-state index contributed by atoms with van der Waals surface area (Å²) in [6.07, 6.45) is -3.91. The molecule has 16 heavy (non-hydrogen) atoms. The van der Waals surface area contributed by atoms with Crippen LogP contribution in [0.4, 0.5) is 0 Å². The van der Waals surface area contributed by atoms with Crippen molar-refractivity contribution in [2.24, 2.45) is 5.92 Å². The smallest absolute Gasteiger partial charge is 0.373 e. The fourth-order valence-electron chi connectivity index (χ4n) is 1.17. The van der Waals surface area contributed by atoms with Crippen LogP contribution in [-0.2, 0) is 29.0 Å². The van der Waals surface area contributed by atoms with E-state index in [4.69, 9.17) is 10.2 Å². The normalized spacial score (nSPS) is 29.1. The van der Waals surface area contributed by atoms with Crippen LogP contribution in [0.25, 0.3) is 0 Å². The third kappa shape index (κ3) is 2.07. The van der Waals surface area contributed by atoms with Gasteiger partial charge in [-0.15, -0.1) is 0 Å². The molecule has 0 aliphatic heterocycles. The zero-order chi connectivity index (χ0) is 12.5. The third-order valence-electron chi connectivity index (χ3n) is 1.93. The lowest BCUT2D eigenvalue weighted by atomic mass is 10.1. The molecule has 1 fully saturated rings. The highest BCUT2D eigenvalue weighted by Crippen LogP contribution is 2.20. The Morgan fingerprint density at radius 1 is 1.06 bits per heavy atom. The van der Waals surface area contributed by atoms with Crippen LogP contribution in [0.1, 0.15) is 6.92 Å². The number of Topliss-reactive ketones (excluding diaryl/α,β-unsaturated/α-hetero) is 2. The van der Waals surface area contributed by atoms with Gasteiger partial charge in [0.05, 0.1) is 0 Å². The predicted octanol–water partition coefficient (Wildman–Crippen LogP) is -2.50. The largest absolute Gasteiger partial charge is 0.382 e. The van der Waals surface area contributed by atoms with Crippen molar-refractivity contribution in [3.05, 3.63) is 0 Å². The summed E-state index contributed by atoms with van der Waals surface area (Å²) in [4.78, 5) is 51.4. The number of carbonyl (C=O) groups excluding carboxylic acids is 4. The van der Waals surface area contributed by atoms with Crippen molar-refractivity contribution in [1.29, 1.82) is 0 Å². The first-order chi connectivity index (χ1) is 7.36. The number of rotatable bonds is 1. The zero-order valence-electron chi connectivity index (χ0n) is 8.08. The molecule has 2 unspecified atom stereocenters. The minimum absolute atomic E-state index is 0.940. The summed E-state index contributed by atoms with van der Waals surface area (Å²) in [5.74, 6) is -6.72. The first-order valence-electron chi connectivity index (χ1n) is 4.18. The molecule has 1 aliphatic carbocycles. The Labute approximate surface area is 88.7 Å². The lowest BCUT2D eigenvalue weighted by molar-refractivity contribution is -0.259. The quantitative estimate of drug-likeness (QED) is 0.288. The second-order valence-electron chi connectivity index (χ2n) is 3.10. The van der Waals surface area contributed by atoms with E-state index in [0.29, 0.717) is 0 Å². The molecule has 1 saturated carbocycles. The molecular weight excluding hydrogens is 224 g/mol. The Balaban J connectivity index is 2.73. The molecule has 0 heterocycles. The molecular formula is C8H8O8. The predicted molar refractivity (Wildman–Crippen MR) is 43.4 cm³/mol. The van der Waals surface area contributed by atoms with E-state index >= 15 is 0 Å². The Bertz CT molecular complexity index is 339. The van der Waals surface area contributed by atoms with Crippen LogP contribution >= 0.6 is 0 Å². The maximum atomic E-state index is 11.1. The summed E-state index contributed by atoms with van der Waals surface area (Å²) >= 11 is 0. The summed E-state index contributed by atoms with van der Waals surface area (Å²) in [6, 6.07) is 0. The highest BCUT2D eigenvalue weighted by atomic mass is 17.2. The van der Waals surface area contributed by atoms with Gasteiger partial charge in [-0.05, 0) is 0 Å². The lowest BCUT2D eigenvalue weighted by Crippen LogP contribution is -2.30. The first kappa shape index (κ1) is 12.3. The molecule has 0 spiro atoms. The van der Waals surface area contributed by atoms with Crippen molar-refractivity contribution < 1.29 is 39.2 Å². The second kappa shape index (κ2) is 4.37. The maximum Gasteiger partial charge on any atom is 0.373 e. The van der Waals surface area contributed by atoms with E-state index in [9.17, 15) is 19.2 Å². The Hall–Kier alpha value is -1.80. The highest BCUT2D eigenvalue weighted by molar-refractivity contribution is 6.25. The summed E-state index contributed by atoms with van der Waals surface area (Å²) in [5, 5.41) is 18.0. The molecule has 8 heteroatoms. The molecule has 0 bridgehead atoms. The average Bonchev–Trinajstić information content (AvgIpc) is 2.40. The van der Waals surface area contributed by atoms with Gasteiger partial charge in [-0.25, -0.2) is 19.4 Å². The number of carbonyl (C=O) groups is 4. The van der Waals surface area contributed by atoms with Gasteiger partial charge in [-0.3, -0.25) is 9.59 Å². The first-order valence-corrected chi connectivity index (χ1v) is 4.18. The van der Waals surface area contributed by atoms with E-state index in [0.717, 1.165) is 6.92 Å². The van der Waals surface area contributed by atoms with Gasteiger partial charge in [0.25, 0.3) is 0 Å². The number of ketones is 2. The Kier molecular flexibility index (Phi) is 3.35. The average molecular weight is 232 g/mol. The minimum Gasteiger partial charge on any atom is -0.382 e. The van der Waals surface area contributed by atoms with Crippen LogP contribution in [-0.4, -0.2) is 45.9 Å². The molecule has 0 aromatic carbocycles. The van der Waals surface area contributed by atoms with Crippen LogP contribution in [0.3, 0.4) is 0 Å². The highest BCUT2D eigenvalue weighted by Gasteiger charge is 2.53. The second-order valence-corrected chi connectivity index (χ2v) is 3.10. The molecule has 1 aliphatic rings. The van der Waals surface area contributed by atoms with Gasteiger partial charge < -0.3 is 10.2 Å². The summed E-state index contributed by atoms with van der Waals surface area (Å²) < 4.78 is 0. The molecule has 88 valence electrons. The lowest BCUT2D eigenvalue weighted by Gasteiger charge is -2.04. The van der Waals surface area contributed by atoms with E-state index in [1.165, 1.54) is 0 Å². The summed E-state index contributed by atoms with van der Waals surface area (Å²) in [7, 11) is 0. The van der Waals surface area contributed by atoms with Crippen molar-refractivity contribution in [3.8, 4) is 0 Å². The van der Waals surface area contributed by atoms with Crippen LogP contribution in [0.5, 0.6) is 0 Å². The Morgan fingerprint density at radius 3 is 1.88 bits per heavy atom. The Morgan fingerprint density at radius 2 is 1.50 bits per heavy atom. The number of hydrogen-bond donors (Lipinski definition) is 2. The molecule has 1 rings (SSSR count). The van der Waals surface area contributed by atoms with Crippen LogP contribution in [0, 0.1) is 5.92 Å². The number of hydrogen-bond acceptors (Lipinski definition) is 8. The van der Waals surface area contributed by atoms with Gasteiger partial charge in [0, 0.05) is 6.92 Å². The van der Waals surface area contributed by atoms with E-state index in [-0.39, 0.29) is 0 Å². The molecule has 0 amide bonds. The van der Waals surface area contributed by atoms with Crippen molar-refractivity contribution in [1.82, 2.24) is 0 Å². The van der Waals surface area contributed by atoms with Crippen molar-refractivity contribution in [2.45, 2.75) is 19.1 Å². The number of aliphatic hydroxyl groups excluding tert-OH is 2. The molecule has 0 radical (unpaired) electrons. The van der Waals surface area contributed by atoms with Gasteiger partial charge in [0.2, 0.25) is 0 Å². The topological polar surface area (TPSA) is 127 Å². The van der Waals surface area contributed by atoms with Gasteiger partial charge in [-0.1, -0.05) is 0 Å². The van der Waals surface area contributed by atoms with Gasteiger partial charge in [0.1, 0.15) is 12.2 Å². The number of aliphatic hydroxyl groups is 2. The molecule has 2 N–H and O–H groups in total. The van der Waals surface area contributed by atoms with Crippen molar-refractivity contribution in [3.63, 3.8) is 0 Å². The van der Waals surface area contributed by atoms with Crippen LogP contribution in [0.15, 0.2) is 0 Å². The van der Waals surface area contributed by atoms with Gasteiger partial charge in [0.15, 0.2) is 17.5 Å². The molecule has 8 nitrogen and oxygen atoms in total. The van der Waals surface area contributed by atoms with E-state index < -0.39 is 41.6 Å². The fraction of sp³-hybridized carbons (Fsp3) is 0.500. The fourth-order valence-corrected chi connectivity index (χ4v) is 1.17. The van der Waals surface area contributed by atoms with Crippen LogP contribution in [0.2, 0.25) is 0 Å². The maximum absolute atomic E-state index is 11.1. The molecule has 0 aromatic heterocycles. The summed E-state index contributed by atoms with van der Waals surface area (Å²) in [5.41, 5.74) is 0. The molecule has 0 aromatic rings. The third-order valence-corrected chi connectivity index (χ3v) is 1.93. The summed E-state index contributed by atoms with van der Waals surface area (Å²) in [6.45, 7) is 0.940. The van der Waals surface area contributed by atoms with Crippen molar-refractivity contribution in [2.75, 3.05) is 0 Å². The molecule has 2 atom stereocenters.